The fraction of sp³-hybridized carbons (Fsp3) is 0.381. The molecule has 0 saturated heterocycles. The number of unbranched alkanes of at least 4 members (excludes halogenated alkanes) is 10. The molecule has 0 aliphatic carbocycles. The molecule has 5 rings (SSSR count). The average molecular weight is 583 g/mol. The van der Waals surface area contributed by atoms with Crippen LogP contribution in [0.2, 0.25) is 0 Å². The van der Waals surface area contributed by atoms with Crippen molar-refractivity contribution in [2.24, 2.45) is 0 Å². The van der Waals surface area contributed by atoms with Crippen LogP contribution in [0.15, 0.2) is 66.7 Å². The van der Waals surface area contributed by atoms with Gasteiger partial charge < -0.3 is 9.47 Å². The highest BCUT2D eigenvalue weighted by molar-refractivity contribution is 6.23. The summed E-state index contributed by atoms with van der Waals surface area (Å²) < 4.78 is 12.6. The standard InChI is InChI=1S/C42H46O2/c1-4-7-9-11-13-15-28-43-39-31-37(40(30-32(39)6-3)44-29-16-14-12-10-8-5-2)25-21-33-20-22-36-24-23-34-18-17-19-35-26-27-38(33)42(36)41(34)35/h3,17-20,22-24,26-27,30-31H,4-5,7-16,28-29H2,1-2H3. The van der Waals surface area contributed by atoms with E-state index in [1.807, 2.05) is 12.1 Å². The van der Waals surface area contributed by atoms with Gasteiger partial charge in [0.1, 0.15) is 11.5 Å². The van der Waals surface area contributed by atoms with Crippen molar-refractivity contribution < 1.29 is 9.47 Å². The summed E-state index contributed by atoms with van der Waals surface area (Å²) in [6.45, 7) is 5.80. The number of hydrogen-bond acceptors (Lipinski definition) is 2. The van der Waals surface area contributed by atoms with Crippen LogP contribution < -0.4 is 9.47 Å². The van der Waals surface area contributed by atoms with E-state index in [1.165, 1.54) is 96.5 Å². The second kappa shape index (κ2) is 16.1. The van der Waals surface area contributed by atoms with Crippen LogP contribution in [-0.2, 0) is 0 Å². The first-order valence-corrected chi connectivity index (χ1v) is 16.8. The van der Waals surface area contributed by atoms with Gasteiger partial charge in [-0.15, -0.1) is 6.42 Å². The molecular formula is C42H46O2. The van der Waals surface area contributed by atoms with E-state index in [0.717, 1.165) is 35.3 Å². The highest BCUT2D eigenvalue weighted by atomic mass is 16.5. The van der Waals surface area contributed by atoms with Crippen molar-refractivity contribution in [1.82, 2.24) is 0 Å². The smallest absolute Gasteiger partial charge is 0.136 e. The highest BCUT2D eigenvalue weighted by Crippen LogP contribution is 2.36. The largest absolute Gasteiger partial charge is 0.492 e. The fourth-order valence-corrected chi connectivity index (χ4v) is 6.12. The van der Waals surface area contributed by atoms with E-state index in [-0.39, 0.29) is 0 Å². The van der Waals surface area contributed by atoms with Crippen molar-refractivity contribution in [1.29, 1.82) is 0 Å². The fourth-order valence-electron chi connectivity index (χ4n) is 6.12. The topological polar surface area (TPSA) is 18.5 Å². The SMILES string of the molecule is C#Cc1cc(OCCCCCCCC)c(C#Cc2ccc3ccc4cccc5ccc2c3c45)cc1OCCCCCCCC. The average Bonchev–Trinajstić information content (AvgIpc) is 3.06. The molecule has 44 heavy (non-hydrogen) atoms. The Labute approximate surface area is 264 Å². The summed E-state index contributed by atoms with van der Waals surface area (Å²) in [6, 6.07) is 23.6. The molecule has 0 aromatic heterocycles. The van der Waals surface area contributed by atoms with Crippen LogP contribution in [0.5, 0.6) is 11.5 Å². The molecule has 226 valence electrons. The Balaban J connectivity index is 1.42. The lowest BCUT2D eigenvalue weighted by molar-refractivity contribution is 0.295. The molecule has 0 N–H and O–H groups in total. The van der Waals surface area contributed by atoms with Crippen molar-refractivity contribution >= 4 is 32.3 Å². The summed E-state index contributed by atoms with van der Waals surface area (Å²) in [6.07, 6.45) is 20.5. The second-order valence-electron chi connectivity index (χ2n) is 11.9. The van der Waals surface area contributed by atoms with Gasteiger partial charge >= 0.3 is 0 Å². The van der Waals surface area contributed by atoms with Gasteiger partial charge in [0.2, 0.25) is 0 Å². The van der Waals surface area contributed by atoms with Gasteiger partial charge in [0, 0.05) is 17.7 Å². The molecule has 5 aromatic carbocycles. The summed E-state index contributed by atoms with van der Waals surface area (Å²) >= 11 is 0. The molecule has 0 saturated carbocycles. The molecule has 5 aromatic rings. The molecular weight excluding hydrogens is 536 g/mol. The molecule has 0 unspecified atom stereocenters. The Morgan fingerprint density at radius 2 is 1.02 bits per heavy atom. The first kappa shape index (κ1) is 31.3. The molecule has 0 atom stereocenters. The Bertz CT molecular complexity index is 1740. The van der Waals surface area contributed by atoms with Crippen LogP contribution in [0.4, 0.5) is 0 Å². The van der Waals surface area contributed by atoms with Gasteiger partial charge in [0.15, 0.2) is 0 Å². The summed E-state index contributed by atoms with van der Waals surface area (Å²) in [5, 5.41) is 7.51. The zero-order valence-electron chi connectivity index (χ0n) is 26.6. The lowest BCUT2D eigenvalue weighted by Gasteiger charge is -2.14. The molecule has 0 amide bonds. The minimum absolute atomic E-state index is 0.653. The van der Waals surface area contributed by atoms with Crippen molar-refractivity contribution in [3.63, 3.8) is 0 Å². The van der Waals surface area contributed by atoms with Crippen LogP contribution in [0, 0.1) is 24.2 Å². The van der Waals surface area contributed by atoms with Gasteiger partial charge in [-0.1, -0.05) is 144 Å². The van der Waals surface area contributed by atoms with Gasteiger partial charge in [-0.05, 0) is 51.2 Å². The summed E-state index contributed by atoms with van der Waals surface area (Å²) in [5.41, 5.74) is 2.55. The van der Waals surface area contributed by atoms with E-state index in [2.05, 4.69) is 86.2 Å². The first-order valence-electron chi connectivity index (χ1n) is 16.8. The summed E-state index contributed by atoms with van der Waals surface area (Å²) in [4.78, 5) is 0. The van der Waals surface area contributed by atoms with Crippen LogP contribution in [0.25, 0.3) is 32.3 Å². The number of benzene rings is 5. The number of hydrogen-bond donors (Lipinski definition) is 0. The van der Waals surface area contributed by atoms with E-state index in [9.17, 15) is 0 Å². The monoisotopic (exact) mass is 582 g/mol. The predicted molar refractivity (Wildman–Crippen MR) is 188 cm³/mol. The van der Waals surface area contributed by atoms with Gasteiger partial charge in [0.25, 0.3) is 0 Å². The lowest BCUT2D eigenvalue weighted by Crippen LogP contribution is -2.03. The van der Waals surface area contributed by atoms with Crippen LogP contribution >= 0.6 is 0 Å². The molecule has 0 heterocycles. The van der Waals surface area contributed by atoms with E-state index in [1.54, 1.807) is 0 Å². The Morgan fingerprint density at radius 3 is 1.66 bits per heavy atom. The van der Waals surface area contributed by atoms with Crippen LogP contribution in [0.3, 0.4) is 0 Å². The van der Waals surface area contributed by atoms with Gasteiger partial charge in [-0.2, -0.15) is 0 Å². The summed E-state index contributed by atoms with van der Waals surface area (Å²) in [5.74, 6) is 11.3. The quantitative estimate of drug-likeness (QED) is 0.0654. The zero-order valence-corrected chi connectivity index (χ0v) is 26.6. The van der Waals surface area contributed by atoms with E-state index >= 15 is 0 Å². The number of rotatable bonds is 16. The number of terminal acetylenes is 1. The van der Waals surface area contributed by atoms with Crippen molar-refractivity contribution in [3.8, 4) is 35.7 Å². The molecule has 0 bridgehead atoms. The van der Waals surface area contributed by atoms with E-state index < -0.39 is 0 Å². The third-order valence-electron chi connectivity index (χ3n) is 8.61. The molecule has 0 fully saturated rings. The molecule has 0 radical (unpaired) electrons. The Kier molecular flexibility index (Phi) is 11.4. The van der Waals surface area contributed by atoms with Crippen molar-refractivity contribution in [2.45, 2.75) is 90.9 Å². The van der Waals surface area contributed by atoms with Crippen molar-refractivity contribution in [2.75, 3.05) is 13.2 Å². The van der Waals surface area contributed by atoms with E-state index in [4.69, 9.17) is 15.9 Å². The molecule has 2 heteroatoms. The zero-order chi connectivity index (χ0) is 30.6. The highest BCUT2D eigenvalue weighted by Gasteiger charge is 2.12. The number of ether oxygens (including phenoxy) is 2. The second-order valence-corrected chi connectivity index (χ2v) is 11.9. The Hall–Kier alpha value is -4.14. The maximum Gasteiger partial charge on any atom is 0.136 e. The lowest BCUT2D eigenvalue weighted by atomic mass is 9.92. The van der Waals surface area contributed by atoms with Gasteiger partial charge in [0.05, 0.1) is 24.3 Å². The first-order chi connectivity index (χ1) is 21.7. The Morgan fingerprint density at radius 1 is 0.523 bits per heavy atom. The molecule has 2 nitrogen and oxygen atoms in total. The third-order valence-corrected chi connectivity index (χ3v) is 8.61. The van der Waals surface area contributed by atoms with E-state index in [0.29, 0.717) is 19.0 Å². The maximum absolute atomic E-state index is 6.34. The normalized spacial score (nSPS) is 11.1. The molecule has 0 spiro atoms. The molecule has 0 aliphatic heterocycles. The van der Waals surface area contributed by atoms with Crippen LogP contribution in [0.1, 0.15) is 108 Å². The maximum atomic E-state index is 6.34. The predicted octanol–water partition coefficient (Wildman–Crippen LogP) is 11.4. The van der Waals surface area contributed by atoms with Crippen molar-refractivity contribution in [3.05, 3.63) is 83.4 Å². The van der Waals surface area contributed by atoms with Gasteiger partial charge in [-0.25, -0.2) is 0 Å². The molecule has 0 aliphatic rings. The third kappa shape index (κ3) is 7.68. The van der Waals surface area contributed by atoms with Gasteiger partial charge in [-0.3, -0.25) is 0 Å². The van der Waals surface area contributed by atoms with Crippen LogP contribution in [-0.4, -0.2) is 13.2 Å². The minimum Gasteiger partial charge on any atom is -0.492 e. The summed E-state index contributed by atoms with van der Waals surface area (Å²) in [7, 11) is 0. The minimum atomic E-state index is 0.653.